The molecule has 5 heteroatoms. The van der Waals surface area contributed by atoms with Gasteiger partial charge in [-0.1, -0.05) is 45.7 Å². The molecule has 0 bridgehead atoms. The van der Waals surface area contributed by atoms with Crippen molar-refractivity contribution in [2.24, 2.45) is 0 Å². The van der Waals surface area contributed by atoms with E-state index in [1.165, 1.54) is 0 Å². The first-order valence-electron chi connectivity index (χ1n) is 5.77. The minimum absolute atomic E-state index is 0.109. The highest BCUT2D eigenvalue weighted by Gasteiger charge is 2.12. The number of ketones is 1. The Morgan fingerprint density at radius 1 is 1.32 bits per heavy atom. The summed E-state index contributed by atoms with van der Waals surface area (Å²) < 4.78 is 1.62. The summed E-state index contributed by atoms with van der Waals surface area (Å²) in [7, 11) is 1.93. The smallest absolute Gasteiger partial charge is 0.177 e. The van der Waals surface area contributed by atoms with Gasteiger partial charge in [0, 0.05) is 21.5 Å². The summed E-state index contributed by atoms with van der Waals surface area (Å²) in [5.41, 5.74) is 0.721. The van der Waals surface area contributed by atoms with Crippen LogP contribution in [0.15, 0.2) is 40.9 Å². The molecule has 0 unspecified atom stereocenters. The van der Waals surface area contributed by atoms with Gasteiger partial charge in [-0.2, -0.15) is 0 Å². The van der Waals surface area contributed by atoms with Crippen LogP contribution in [0.4, 0.5) is 0 Å². The molecule has 2 nitrogen and oxygen atoms in total. The Balaban J connectivity index is 1.97. The van der Waals surface area contributed by atoms with Crippen molar-refractivity contribution in [2.75, 3.05) is 13.6 Å². The van der Waals surface area contributed by atoms with Crippen molar-refractivity contribution in [3.8, 4) is 0 Å². The summed E-state index contributed by atoms with van der Waals surface area (Å²) in [4.78, 5) is 15.3. The second kappa shape index (κ2) is 6.66. The van der Waals surface area contributed by atoms with E-state index in [9.17, 15) is 4.79 Å². The van der Waals surface area contributed by atoms with E-state index in [0.29, 0.717) is 6.54 Å². The maximum absolute atomic E-state index is 12.2. The average molecular weight is 359 g/mol. The van der Waals surface area contributed by atoms with Crippen LogP contribution in [-0.2, 0) is 6.54 Å². The van der Waals surface area contributed by atoms with E-state index in [-0.39, 0.29) is 5.78 Å². The van der Waals surface area contributed by atoms with Gasteiger partial charge in [-0.3, -0.25) is 9.69 Å². The normalized spacial score (nSPS) is 10.9. The Morgan fingerprint density at radius 2 is 2.05 bits per heavy atom. The number of hydrogen-bond acceptors (Lipinski definition) is 3. The van der Waals surface area contributed by atoms with Crippen molar-refractivity contribution in [3.05, 3.63) is 55.6 Å². The van der Waals surface area contributed by atoms with Crippen molar-refractivity contribution in [1.29, 1.82) is 0 Å². The van der Waals surface area contributed by atoms with Gasteiger partial charge in [0.15, 0.2) is 5.78 Å². The molecule has 0 aliphatic rings. The third kappa shape index (κ3) is 4.14. The van der Waals surface area contributed by atoms with Crippen molar-refractivity contribution in [3.63, 3.8) is 0 Å². The van der Waals surface area contributed by atoms with Gasteiger partial charge in [-0.25, -0.2) is 0 Å². The Hall–Kier alpha value is -0.680. The molecule has 0 N–H and O–H groups in total. The molecular weight excluding hydrogens is 346 g/mol. The molecule has 0 saturated carbocycles. The minimum atomic E-state index is 0.109. The van der Waals surface area contributed by atoms with Gasteiger partial charge in [0.25, 0.3) is 0 Å². The lowest BCUT2D eigenvalue weighted by molar-refractivity contribution is 0.0943. The molecule has 0 aliphatic carbocycles. The second-order valence-corrected chi connectivity index (χ2v) is 6.94. The lowest BCUT2D eigenvalue weighted by Gasteiger charge is -2.15. The number of carbonyl (C=O) groups excluding carboxylic acids is 1. The number of nitrogens with zero attached hydrogens (tertiary/aromatic N) is 1. The maximum Gasteiger partial charge on any atom is 0.177 e. The van der Waals surface area contributed by atoms with E-state index in [1.54, 1.807) is 11.3 Å². The Labute approximate surface area is 130 Å². The van der Waals surface area contributed by atoms with Crippen LogP contribution in [0.3, 0.4) is 0 Å². The highest BCUT2D eigenvalue weighted by molar-refractivity contribution is 9.10. The quantitative estimate of drug-likeness (QED) is 0.735. The molecule has 2 rings (SSSR count). The molecule has 1 aromatic heterocycles. The van der Waals surface area contributed by atoms with E-state index in [4.69, 9.17) is 11.6 Å². The van der Waals surface area contributed by atoms with E-state index in [0.717, 1.165) is 25.8 Å². The summed E-state index contributed by atoms with van der Waals surface area (Å²) in [6.45, 7) is 1.12. The lowest BCUT2D eigenvalue weighted by Crippen LogP contribution is -2.25. The molecule has 1 aromatic carbocycles. The van der Waals surface area contributed by atoms with Gasteiger partial charge < -0.3 is 0 Å². The molecule has 2 aromatic rings. The Kier molecular flexibility index (Phi) is 5.16. The fourth-order valence-electron chi connectivity index (χ4n) is 1.78. The van der Waals surface area contributed by atoms with E-state index in [1.807, 2.05) is 48.3 Å². The molecule has 0 saturated heterocycles. The van der Waals surface area contributed by atoms with Crippen LogP contribution in [0.5, 0.6) is 0 Å². The Morgan fingerprint density at radius 3 is 2.68 bits per heavy atom. The molecular formula is C14H13BrClNOS. The van der Waals surface area contributed by atoms with Gasteiger partial charge in [-0.15, -0.1) is 11.3 Å². The first kappa shape index (κ1) is 14.7. The van der Waals surface area contributed by atoms with E-state index < -0.39 is 0 Å². The molecule has 0 amide bonds. The summed E-state index contributed by atoms with van der Waals surface area (Å²) in [5, 5.41) is 0. The highest BCUT2D eigenvalue weighted by Crippen LogP contribution is 2.22. The van der Waals surface area contributed by atoms with Crippen LogP contribution in [0.2, 0.25) is 4.34 Å². The predicted octanol–water partition coefficient (Wildman–Crippen LogP) is 4.48. The number of Topliss-reactive ketones (excluding diaryl/α,β-unsaturated/α-hetero) is 1. The van der Waals surface area contributed by atoms with Crippen LogP contribution in [-0.4, -0.2) is 24.3 Å². The first-order chi connectivity index (χ1) is 9.06. The van der Waals surface area contributed by atoms with Gasteiger partial charge in [-0.05, 0) is 25.2 Å². The van der Waals surface area contributed by atoms with Gasteiger partial charge in [0.2, 0.25) is 0 Å². The van der Waals surface area contributed by atoms with Crippen LogP contribution >= 0.6 is 38.9 Å². The first-order valence-corrected chi connectivity index (χ1v) is 7.75. The molecule has 0 spiro atoms. The van der Waals surface area contributed by atoms with E-state index in [2.05, 4.69) is 15.9 Å². The minimum Gasteiger partial charge on any atom is -0.294 e. The topological polar surface area (TPSA) is 20.3 Å². The molecule has 19 heavy (non-hydrogen) atoms. The maximum atomic E-state index is 12.2. The van der Waals surface area contributed by atoms with Gasteiger partial charge >= 0.3 is 0 Å². The average Bonchev–Trinajstić information content (AvgIpc) is 2.74. The number of hydrogen-bond donors (Lipinski definition) is 0. The number of rotatable bonds is 5. The van der Waals surface area contributed by atoms with Crippen LogP contribution in [0.1, 0.15) is 15.2 Å². The zero-order valence-corrected chi connectivity index (χ0v) is 13.6. The summed E-state index contributed by atoms with van der Waals surface area (Å²) >= 11 is 10.8. The predicted molar refractivity (Wildman–Crippen MR) is 84.1 cm³/mol. The van der Waals surface area contributed by atoms with Crippen molar-refractivity contribution >= 4 is 44.7 Å². The van der Waals surface area contributed by atoms with Crippen molar-refractivity contribution in [1.82, 2.24) is 4.90 Å². The number of benzene rings is 1. The second-order valence-electron chi connectivity index (χ2n) is 4.28. The van der Waals surface area contributed by atoms with Crippen molar-refractivity contribution < 1.29 is 4.79 Å². The standard InChI is InChI=1S/C14H13BrClNOS/c1-17(8-10-6-7-14(16)19-10)9-13(18)11-4-2-3-5-12(11)15/h2-7H,8-9H2,1H3. The number of likely N-dealkylation sites (N-methyl/N-ethyl adjacent to an activating group) is 1. The third-order valence-corrected chi connectivity index (χ3v) is 4.55. The fourth-order valence-corrected chi connectivity index (χ4v) is 3.45. The Bertz CT molecular complexity index is 584. The van der Waals surface area contributed by atoms with Crippen LogP contribution < -0.4 is 0 Å². The zero-order chi connectivity index (χ0) is 13.8. The zero-order valence-electron chi connectivity index (χ0n) is 10.4. The summed E-state index contributed by atoms with van der Waals surface area (Å²) in [6.07, 6.45) is 0. The molecule has 0 aliphatic heterocycles. The largest absolute Gasteiger partial charge is 0.294 e. The molecule has 1 heterocycles. The number of carbonyl (C=O) groups is 1. The SMILES string of the molecule is CN(CC(=O)c1ccccc1Br)Cc1ccc(Cl)s1. The molecule has 0 radical (unpaired) electrons. The van der Waals surface area contributed by atoms with Crippen molar-refractivity contribution in [2.45, 2.75) is 6.54 Å². The lowest BCUT2D eigenvalue weighted by atomic mass is 10.1. The third-order valence-electron chi connectivity index (χ3n) is 2.64. The van der Waals surface area contributed by atoms with Gasteiger partial charge in [0.1, 0.15) is 0 Å². The summed E-state index contributed by atoms with van der Waals surface area (Å²) in [6, 6.07) is 11.4. The monoisotopic (exact) mass is 357 g/mol. The fraction of sp³-hybridized carbons (Fsp3) is 0.214. The number of thiophene rings is 1. The number of halogens is 2. The molecule has 100 valence electrons. The van der Waals surface area contributed by atoms with Gasteiger partial charge in [0.05, 0.1) is 10.9 Å². The van der Waals surface area contributed by atoms with E-state index >= 15 is 0 Å². The van der Waals surface area contributed by atoms with Crippen LogP contribution in [0, 0.1) is 0 Å². The highest BCUT2D eigenvalue weighted by atomic mass is 79.9. The molecule has 0 atom stereocenters. The summed E-state index contributed by atoms with van der Waals surface area (Å²) in [5.74, 6) is 0.109. The molecule has 0 fully saturated rings. The van der Waals surface area contributed by atoms with Crippen LogP contribution in [0.25, 0.3) is 0 Å².